The van der Waals surface area contributed by atoms with Crippen LogP contribution in [0.5, 0.6) is 11.6 Å². The fourth-order valence-corrected chi connectivity index (χ4v) is 1.56. The molecule has 1 N–H and O–H groups in total. The Hall–Kier alpha value is -2.21. The Bertz CT molecular complexity index is 578. The largest absolute Gasteiger partial charge is 0.439 e. The van der Waals surface area contributed by atoms with E-state index in [1.54, 1.807) is 25.2 Å². The summed E-state index contributed by atoms with van der Waals surface area (Å²) >= 11 is 0. The number of hydrogen-bond donors (Lipinski definition) is 1. The predicted molar refractivity (Wildman–Crippen MR) is 73.4 cm³/mol. The van der Waals surface area contributed by atoms with Crippen molar-refractivity contribution in [3.63, 3.8) is 0 Å². The summed E-state index contributed by atoms with van der Waals surface area (Å²) < 4.78 is 23.9. The van der Waals surface area contributed by atoms with Crippen molar-refractivity contribution >= 4 is 5.82 Å². The SMILES string of the molecule is CCOCc1nc(NC)cc(Oc2cccc(F)c2)n1. The monoisotopic (exact) mass is 277 g/mol. The molecule has 2 rings (SSSR count). The molecule has 1 aromatic heterocycles. The smallest absolute Gasteiger partial charge is 0.224 e. The van der Waals surface area contributed by atoms with Gasteiger partial charge in [0.1, 0.15) is 24.0 Å². The summed E-state index contributed by atoms with van der Waals surface area (Å²) in [6.07, 6.45) is 0. The molecule has 0 fully saturated rings. The van der Waals surface area contributed by atoms with Crippen molar-refractivity contribution in [1.29, 1.82) is 0 Å². The number of benzene rings is 1. The third-order valence-electron chi connectivity index (χ3n) is 2.46. The molecule has 0 aliphatic rings. The maximum Gasteiger partial charge on any atom is 0.224 e. The van der Waals surface area contributed by atoms with E-state index in [-0.39, 0.29) is 5.82 Å². The van der Waals surface area contributed by atoms with Crippen molar-refractivity contribution in [2.45, 2.75) is 13.5 Å². The minimum Gasteiger partial charge on any atom is -0.439 e. The van der Waals surface area contributed by atoms with Crippen molar-refractivity contribution in [2.24, 2.45) is 0 Å². The molecule has 0 saturated carbocycles. The molecule has 0 amide bonds. The fraction of sp³-hybridized carbons (Fsp3) is 0.286. The highest BCUT2D eigenvalue weighted by Gasteiger charge is 2.06. The summed E-state index contributed by atoms with van der Waals surface area (Å²) in [6.45, 7) is 2.77. The summed E-state index contributed by atoms with van der Waals surface area (Å²) in [5.74, 6) is 1.48. The number of hydrogen-bond acceptors (Lipinski definition) is 5. The average Bonchev–Trinajstić information content (AvgIpc) is 2.45. The van der Waals surface area contributed by atoms with Crippen molar-refractivity contribution in [1.82, 2.24) is 9.97 Å². The number of rotatable bonds is 6. The Morgan fingerprint density at radius 3 is 2.80 bits per heavy atom. The highest BCUT2D eigenvalue weighted by Crippen LogP contribution is 2.22. The van der Waals surface area contributed by atoms with E-state index < -0.39 is 0 Å². The van der Waals surface area contributed by atoms with Crippen LogP contribution in [-0.2, 0) is 11.3 Å². The van der Waals surface area contributed by atoms with Gasteiger partial charge in [0.15, 0.2) is 5.82 Å². The normalized spacial score (nSPS) is 10.3. The summed E-state index contributed by atoms with van der Waals surface area (Å²) in [6, 6.07) is 7.52. The molecule has 0 unspecified atom stereocenters. The van der Waals surface area contributed by atoms with E-state index in [0.717, 1.165) is 0 Å². The van der Waals surface area contributed by atoms with Gasteiger partial charge in [-0.1, -0.05) is 6.07 Å². The topological polar surface area (TPSA) is 56.3 Å². The quantitative estimate of drug-likeness (QED) is 0.879. The Labute approximate surface area is 116 Å². The molecular weight excluding hydrogens is 261 g/mol. The van der Waals surface area contributed by atoms with Crippen molar-refractivity contribution < 1.29 is 13.9 Å². The van der Waals surface area contributed by atoms with Gasteiger partial charge >= 0.3 is 0 Å². The third-order valence-corrected chi connectivity index (χ3v) is 2.46. The van der Waals surface area contributed by atoms with Gasteiger partial charge in [0.2, 0.25) is 5.88 Å². The molecule has 20 heavy (non-hydrogen) atoms. The van der Waals surface area contributed by atoms with E-state index in [0.29, 0.717) is 36.5 Å². The van der Waals surface area contributed by atoms with Crippen LogP contribution in [0, 0.1) is 5.82 Å². The molecule has 1 heterocycles. The van der Waals surface area contributed by atoms with Crippen LogP contribution in [-0.4, -0.2) is 23.6 Å². The first-order valence-electron chi connectivity index (χ1n) is 6.28. The molecule has 0 saturated heterocycles. The molecular formula is C14H16FN3O2. The predicted octanol–water partition coefficient (Wildman–Crippen LogP) is 2.99. The molecule has 106 valence electrons. The zero-order valence-electron chi connectivity index (χ0n) is 11.4. The second-order valence-corrected chi connectivity index (χ2v) is 3.95. The first-order valence-corrected chi connectivity index (χ1v) is 6.28. The number of nitrogens with one attached hydrogen (secondary N) is 1. The Kier molecular flexibility index (Phi) is 4.84. The minimum atomic E-state index is -0.361. The zero-order valence-corrected chi connectivity index (χ0v) is 11.4. The molecule has 0 bridgehead atoms. The van der Waals surface area contributed by atoms with E-state index in [1.807, 2.05) is 6.92 Å². The lowest BCUT2D eigenvalue weighted by molar-refractivity contribution is 0.128. The summed E-state index contributed by atoms with van der Waals surface area (Å²) in [5.41, 5.74) is 0. The highest BCUT2D eigenvalue weighted by atomic mass is 19.1. The fourth-order valence-electron chi connectivity index (χ4n) is 1.56. The Morgan fingerprint density at radius 2 is 2.10 bits per heavy atom. The lowest BCUT2D eigenvalue weighted by atomic mass is 10.3. The van der Waals surface area contributed by atoms with Gasteiger partial charge in [-0.05, 0) is 19.1 Å². The van der Waals surface area contributed by atoms with Gasteiger partial charge in [-0.3, -0.25) is 0 Å². The first kappa shape index (κ1) is 14.2. The van der Waals surface area contributed by atoms with Crippen molar-refractivity contribution in [3.8, 4) is 11.6 Å². The van der Waals surface area contributed by atoms with Crippen LogP contribution in [0.3, 0.4) is 0 Å². The molecule has 5 nitrogen and oxygen atoms in total. The van der Waals surface area contributed by atoms with E-state index in [2.05, 4.69) is 15.3 Å². The van der Waals surface area contributed by atoms with Crippen LogP contribution in [0.4, 0.5) is 10.2 Å². The van der Waals surface area contributed by atoms with Gasteiger partial charge in [-0.2, -0.15) is 4.98 Å². The van der Waals surface area contributed by atoms with Gasteiger partial charge < -0.3 is 14.8 Å². The standard InChI is InChI=1S/C14H16FN3O2/c1-3-19-9-13-17-12(16-2)8-14(18-13)20-11-6-4-5-10(15)7-11/h4-8H,3,9H2,1-2H3,(H,16,17,18). The van der Waals surface area contributed by atoms with E-state index in [4.69, 9.17) is 9.47 Å². The number of anilines is 1. The molecule has 0 radical (unpaired) electrons. The lowest BCUT2D eigenvalue weighted by Crippen LogP contribution is -2.04. The maximum atomic E-state index is 13.1. The zero-order chi connectivity index (χ0) is 14.4. The molecule has 0 aliphatic carbocycles. The number of nitrogens with zero attached hydrogens (tertiary/aromatic N) is 2. The highest BCUT2D eigenvalue weighted by molar-refractivity contribution is 5.39. The van der Waals surface area contributed by atoms with E-state index in [1.165, 1.54) is 12.1 Å². The number of halogens is 1. The van der Waals surface area contributed by atoms with Crippen LogP contribution >= 0.6 is 0 Å². The van der Waals surface area contributed by atoms with Gasteiger partial charge in [0.05, 0.1) is 0 Å². The number of ether oxygens (including phenoxy) is 2. The second kappa shape index (κ2) is 6.81. The van der Waals surface area contributed by atoms with E-state index in [9.17, 15) is 4.39 Å². The van der Waals surface area contributed by atoms with Gasteiger partial charge in [-0.15, -0.1) is 0 Å². The van der Waals surface area contributed by atoms with Gasteiger partial charge in [0, 0.05) is 25.8 Å². The first-order chi connectivity index (χ1) is 9.71. The molecule has 2 aromatic rings. The molecule has 0 spiro atoms. The van der Waals surface area contributed by atoms with Gasteiger partial charge in [-0.25, -0.2) is 9.37 Å². The molecule has 0 atom stereocenters. The molecule has 0 aliphatic heterocycles. The summed E-state index contributed by atoms with van der Waals surface area (Å²) in [4.78, 5) is 8.47. The van der Waals surface area contributed by atoms with Crippen LogP contribution in [0.25, 0.3) is 0 Å². The summed E-state index contributed by atoms with van der Waals surface area (Å²) in [7, 11) is 1.75. The van der Waals surface area contributed by atoms with Crippen LogP contribution in [0.2, 0.25) is 0 Å². The van der Waals surface area contributed by atoms with Crippen LogP contribution in [0.15, 0.2) is 30.3 Å². The van der Waals surface area contributed by atoms with Crippen molar-refractivity contribution in [2.75, 3.05) is 19.0 Å². The molecule has 6 heteroatoms. The Morgan fingerprint density at radius 1 is 1.25 bits per heavy atom. The van der Waals surface area contributed by atoms with Gasteiger partial charge in [0.25, 0.3) is 0 Å². The average molecular weight is 277 g/mol. The Balaban J connectivity index is 2.21. The van der Waals surface area contributed by atoms with Crippen LogP contribution in [0.1, 0.15) is 12.7 Å². The maximum absolute atomic E-state index is 13.1. The lowest BCUT2D eigenvalue weighted by Gasteiger charge is -2.09. The van der Waals surface area contributed by atoms with Crippen molar-refractivity contribution in [3.05, 3.63) is 42.0 Å². The minimum absolute atomic E-state index is 0.297. The third kappa shape index (κ3) is 3.89. The second-order valence-electron chi connectivity index (χ2n) is 3.95. The summed E-state index contributed by atoms with van der Waals surface area (Å²) in [5, 5.41) is 2.92. The molecule has 1 aromatic carbocycles. The van der Waals surface area contributed by atoms with E-state index >= 15 is 0 Å². The number of aromatic nitrogens is 2. The van der Waals surface area contributed by atoms with Crippen LogP contribution < -0.4 is 10.1 Å².